The number of nitrogens with one attached hydrogen (secondary N) is 2. The highest BCUT2D eigenvalue weighted by Crippen LogP contribution is 2.30. The summed E-state index contributed by atoms with van der Waals surface area (Å²) < 4.78 is 5.39. The van der Waals surface area contributed by atoms with Crippen LogP contribution >= 0.6 is 0 Å². The van der Waals surface area contributed by atoms with Crippen LogP contribution in [-0.2, 0) is 4.74 Å². The molecule has 0 spiro atoms. The van der Waals surface area contributed by atoms with Crippen molar-refractivity contribution in [1.82, 2.24) is 20.4 Å². The molecule has 1 atom stereocenters. The van der Waals surface area contributed by atoms with E-state index in [0.717, 1.165) is 57.2 Å². The zero-order valence-corrected chi connectivity index (χ0v) is 13.3. The molecule has 2 N–H and O–H groups in total. The molecular weight excluding hydrogens is 280 g/mol. The highest BCUT2D eigenvalue weighted by Gasteiger charge is 2.31. The number of likely N-dealkylation sites (tertiary alicyclic amines) is 1. The Balaban J connectivity index is 1.58. The molecule has 1 aromatic heterocycles. The third-order valence-electron chi connectivity index (χ3n) is 4.98. The summed E-state index contributed by atoms with van der Waals surface area (Å²) in [5.41, 5.74) is 1.04. The first-order valence-electron chi connectivity index (χ1n) is 8.37. The fraction of sp³-hybridized carbons (Fsp3) is 0.750. The predicted octanol–water partition coefficient (Wildman–Crippen LogP) is 2.60. The second kappa shape index (κ2) is 7.13. The Hall–Kier alpha value is -1.56. The van der Waals surface area contributed by atoms with Crippen LogP contribution in [0.25, 0.3) is 0 Å². The molecule has 1 saturated carbocycles. The molecule has 1 saturated heterocycles. The number of hydrogen-bond acceptors (Lipinski definition) is 3. The van der Waals surface area contributed by atoms with Crippen LogP contribution in [0, 0.1) is 0 Å². The molecule has 2 aliphatic rings. The van der Waals surface area contributed by atoms with Crippen molar-refractivity contribution in [2.24, 2.45) is 0 Å². The SMILES string of the molecule is COC1CCC(NC(=O)N2CCCCC2c2ccn[nH]2)CC1. The van der Waals surface area contributed by atoms with E-state index >= 15 is 0 Å². The zero-order valence-electron chi connectivity index (χ0n) is 13.3. The average molecular weight is 306 g/mol. The fourth-order valence-corrected chi connectivity index (χ4v) is 3.65. The molecule has 1 aliphatic heterocycles. The number of carbonyl (C=O) groups excluding carboxylic acids is 1. The second-order valence-corrected chi connectivity index (χ2v) is 6.38. The van der Waals surface area contributed by atoms with Gasteiger partial charge in [-0.15, -0.1) is 0 Å². The maximum atomic E-state index is 12.7. The fourth-order valence-electron chi connectivity index (χ4n) is 3.65. The van der Waals surface area contributed by atoms with Crippen LogP contribution in [0.15, 0.2) is 12.3 Å². The minimum Gasteiger partial charge on any atom is -0.381 e. The largest absolute Gasteiger partial charge is 0.381 e. The lowest BCUT2D eigenvalue weighted by atomic mass is 9.93. The molecule has 22 heavy (non-hydrogen) atoms. The van der Waals surface area contributed by atoms with Gasteiger partial charge in [0, 0.05) is 25.9 Å². The van der Waals surface area contributed by atoms with E-state index in [1.165, 1.54) is 0 Å². The van der Waals surface area contributed by atoms with Gasteiger partial charge in [-0.05, 0) is 51.0 Å². The summed E-state index contributed by atoms with van der Waals surface area (Å²) in [6, 6.07) is 2.45. The third kappa shape index (κ3) is 3.43. The van der Waals surface area contributed by atoms with Crippen molar-refractivity contribution in [1.29, 1.82) is 0 Å². The van der Waals surface area contributed by atoms with Crippen LogP contribution in [0.2, 0.25) is 0 Å². The van der Waals surface area contributed by atoms with E-state index in [2.05, 4.69) is 15.5 Å². The van der Waals surface area contributed by atoms with Crippen LogP contribution < -0.4 is 5.32 Å². The van der Waals surface area contributed by atoms with Gasteiger partial charge in [0.05, 0.1) is 17.8 Å². The normalized spacial score (nSPS) is 29.3. The minimum atomic E-state index is 0.0696. The second-order valence-electron chi connectivity index (χ2n) is 6.38. The Bertz CT molecular complexity index is 469. The van der Waals surface area contributed by atoms with Crippen molar-refractivity contribution in [2.75, 3.05) is 13.7 Å². The van der Waals surface area contributed by atoms with Gasteiger partial charge in [-0.25, -0.2) is 4.79 Å². The van der Waals surface area contributed by atoms with Gasteiger partial charge < -0.3 is 15.0 Å². The molecule has 0 bridgehead atoms. The highest BCUT2D eigenvalue weighted by molar-refractivity contribution is 5.75. The van der Waals surface area contributed by atoms with Gasteiger partial charge >= 0.3 is 6.03 Å². The van der Waals surface area contributed by atoms with E-state index in [0.29, 0.717) is 6.10 Å². The molecule has 2 fully saturated rings. The molecule has 122 valence electrons. The number of nitrogens with zero attached hydrogens (tertiary/aromatic N) is 2. The number of rotatable bonds is 3. The van der Waals surface area contributed by atoms with E-state index in [1.807, 2.05) is 11.0 Å². The van der Waals surface area contributed by atoms with E-state index < -0.39 is 0 Å². The Labute approximate surface area is 131 Å². The summed E-state index contributed by atoms with van der Waals surface area (Å²) in [5.74, 6) is 0. The number of piperidine rings is 1. The maximum absolute atomic E-state index is 12.7. The molecule has 6 nitrogen and oxygen atoms in total. The average Bonchev–Trinajstić information content (AvgIpc) is 3.10. The quantitative estimate of drug-likeness (QED) is 0.902. The topological polar surface area (TPSA) is 70.2 Å². The Morgan fingerprint density at radius 1 is 1.32 bits per heavy atom. The number of amides is 2. The van der Waals surface area contributed by atoms with Crippen LogP contribution in [0.1, 0.15) is 56.7 Å². The van der Waals surface area contributed by atoms with Gasteiger partial charge in [-0.1, -0.05) is 0 Å². The maximum Gasteiger partial charge on any atom is 0.318 e. The van der Waals surface area contributed by atoms with E-state index in [1.54, 1.807) is 13.3 Å². The van der Waals surface area contributed by atoms with Crippen LogP contribution in [0.3, 0.4) is 0 Å². The Morgan fingerprint density at radius 2 is 2.14 bits per heavy atom. The van der Waals surface area contributed by atoms with E-state index in [-0.39, 0.29) is 18.1 Å². The summed E-state index contributed by atoms with van der Waals surface area (Å²) in [7, 11) is 1.77. The standard InChI is InChI=1S/C16H26N4O2/c1-22-13-7-5-12(6-8-13)18-16(21)20-11-3-2-4-15(20)14-9-10-17-19-14/h9-10,12-13,15H,2-8,11H2,1H3,(H,17,19)(H,18,21). The zero-order chi connectivity index (χ0) is 15.4. The predicted molar refractivity (Wildman–Crippen MR) is 83.5 cm³/mol. The third-order valence-corrected chi connectivity index (χ3v) is 4.98. The first-order valence-corrected chi connectivity index (χ1v) is 8.37. The molecule has 2 heterocycles. The van der Waals surface area contributed by atoms with Gasteiger partial charge in [0.2, 0.25) is 0 Å². The summed E-state index contributed by atoms with van der Waals surface area (Å²) in [5, 5.41) is 10.3. The monoisotopic (exact) mass is 306 g/mol. The first kappa shape index (κ1) is 15.3. The Morgan fingerprint density at radius 3 is 2.82 bits per heavy atom. The molecule has 1 aromatic rings. The van der Waals surface area contributed by atoms with Crippen molar-refractivity contribution in [3.05, 3.63) is 18.0 Å². The number of H-pyrrole nitrogens is 1. The number of methoxy groups -OCH3 is 1. The first-order chi connectivity index (χ1) is 10.8. The van der Waals surface area contributed by atoms with Gasteiger partial charge in [0.25, 0.3) is 0 Å². The Kier molecular flexibility index (Phi) is 4.97. The smallest absolute Gasteiger partial charge is 0.318 e. The van der Waals surface area contributed by atoms with E-state index in [9.17, 15) is 4.79 Å². The van der Waals surface area contributed by atoms with Crippen molar-refractivity contribution in [2.45, 2.75) is 63.1 Å². The van der Waals surface area contributed by atoms with Crippen molar-refractivity contribution >= 4 is 6.03 Å². The van der Waals surface area contributed by atoms with Crippen molar-refractivity contribution in [3.63, 3.8) is 0 Å². The number of aromatic nitrogens is 2. The molecule has 1 unspecified atom stereocenters. The molecule has 3 rings (SSSR count). The summed E-state index contributed by atoms with van der Waals surface area (Å²) in [4.78, 5) is 14.6. The molecule has 2 amide bonds. The van der Waals surface area contributed by atoms with Crippen LogP contribution in [-0.4, -0.2) is 46.9 Å². The van der Waals surface area contributed by atoms with E-state index in [4.69, 9.17) is 4.74 Å². The molecular formula is C16H26N4O2. The van der Waals surface area contributed by atoms with Crippen molar-refractivity contribution in [3.8, 4) is 0 Å². The number of aromatic amines is 1. The molecule has 0 radical (unpaired) electrons. The van der Waals surface area contributed by atoms with Crippen LogP contribution in [0.4, 0.5) is 4.79 Å². The van der Waals surface area contributed by atoms with Gasteiger partial charge in [-0.3, -0.25) is 5.10 Å². The highest BCUT2D eigenvalue weighted by atomic mass is 16.5. The lowest BCUT2D eigenvalue weighted by molar-refractivity contribution is 0.0618. The number of urea groups is 1. The van der Waals surface area contributed by atoms with Gasteiger partial charge in [-0.2, -0.15) is 5.10 Å². The lowest BCUT2D eigenvalue weighted by Crippen LogP contribution is -2.49. The number of ether oxygens (including phenoxy) is 1. The molecule has 0 aromatic carbocycles. The summed E-state index contributed by atoms with van der Waals surface area (Å²) >= 11 is 0. The molecule has 1 aliphatic carbocycles. The van der Waals surface area contributed by atoms with Crippen molar-refractivity contribution < 1.29 is 9.53 Å². The minimum absolute atomic E-state index is 0.0696. The van der Waals surface area contributed by atoms with Gasteiger partial charge in [0.15, 0.2) is 0 Å². The number of hydrogen-bond donors (Lipinski definition) is 2. The summed E-state index contributed by atoms with van der Waals surface area (Å²) in [6.07, 6.45) is 9.44. The van der Waals surface area contributed by atoms with Gasteiger partial charge in [0.1, 0.15) is 0 Å². The summed E-state index contributed by atoms with van der Waals surface area (Å²) in [6.45, 7) is 0.822. The number of carbonyl (C=O) groups is 1. The van der Waals surface area contributed by atoms with Crippen LogP contribution in [0.5, 0.6) is 0 Å². The lowest BCUT2D eigenvalue weighted by Gasteiger charge is -2.37. The molecule has 6 heteroatoms.